The van der Waals surface area contributed by atoms with Gasteiger partial charge >= 0.3 is 11.7 Å². The van der Waals surface area contributed by atoms with E-state index in [4.69, 9.17) is 18.9 Å². The first-order valence-electron chi connectivity index (χ1n) is 11.4. The molecule has 16 heteroatoms. The summed E-state index contributed by atoms with van der Waals surface area (Å²) in [6.45, 7) is 0.0473. The molecule has 2 unspecified atom stereocenters. The second-order valence-electron chi connectivity index (χ2n) is 8.46. The summed E-state index contributed by atoms with van der Waals surface area (Å²) in [7, 11) is 2.52. The number of carbonyl (C=O) groups is 2. The molecule has 1 aliphatic rings. The van der Waals surface area contributed by atoms with Crippen molar-refractivity contribution in [3.63, 3.8) is 0 Å². The minimum atomic E-state index is -2.04. The van der Waals surface area contributed by atoms with Crippen molar-refractivity contribution in [3.8, 4) is 11.5 Å². The number of phenols is 1. The van der Waals surface area contributed by atoms with Gasteiger partial charge in [-0.25, -0.2) is 4.79 Å². The second-order valence-corrected chi connectivity index (χ2v) is 10.6. The summed E-state index contributed by atoms with van der Waals surface area (Å²) in [6, 6.07) is 8.72. The first-order chi connectivity index (χ1) is 19.1. The fourth-order valence-corrected chi connectivity index (χ4v) is 6.81. The number of non-ortho nitro benzene ring substituents is 1. The number of fused-ring (bicyclic) bond motifs is 2. The molecular formula is C24H19N3O11S2. The first kappa shape index (κ1) is 27.2. The molecule has 1 amide bonds. The number of nitro groups is 2. The highest BCUT2D eigenvalue weighted by Gasteiger charge is 2.53. The zero-order valence-corrected chi connectivity index (χ0v) is 22.4. The van der Waals surface area contributed by atoms with Gasteiger partial charge < -0.3 is 29.0 Å². The lowest BCUT2D eigenvalue weighted by Gasteiger charge is -2.45. The zero-order chi connectivity index (χ0) is 28.8. The molecule has 5 rings (SSSR count). The van der Waals surface area contributed by atoms with Crippen molar-refractivity contribution in [1.82, 2.24) is 4.90 Å². The normalized spacial score (nSPS) is 19.1. The number of nitro benzene ring substituents is 2. The number of thiophene rings is 2. The van der Waals surface area contributed by atoms with Crippen molar-refractivity contribution >= 4 is 66.6 Å². The molecule has 1 aliphatic heterocycles. The van der Waals surface area contributed by atoms with Gasteiger partial charge in [0.05, 0.1) is 28.4 Å². The van der Waals surface area contributed by atoms with Gasteiger partial charge in [0.25, 0.3) is 11.5 Å². The van der Waals surface area contributed by atoms with Crippen molar-refractivity contribution in [2.24, 2.45) is 0 Å². The molecule has 3 heterocycles. The lowest BCUT2D eigenvalue weighted by Crippen LogP contribution is -2.59. The van der Waals surface area contributed by atoms with E-state index < -0.39 is 39.3 Å². The van der Waals surface area contributed by atoms with Crippen molar-refractivity contribution in [2.45, 2.75) is 12.0 Å². The van der Waals surface area contributed by atoms with E-state index in [1.807, 2.05) is 0 Å². The number of ether oxygens (including phenoxy) is 4. The Morgan fingerprint density at radius 1 is 1.15 bits per heavy atom. The number of morpholine rings is 1. The van der Waals surface area contributed by atoms with Crippen LogP contribution in [0, 0.1) is 20.2 Å². The Bertz CT molecular complexity index is 1680. The van der Waals surface area contributed by atoms with Crippen LogP contribution in [-0.4, -0.2) is 65.8 Å². The maximum absolute atomic E-state index is 13.6. The number of hydrogen-bond donors (Lipinski definition) is 1. The molecule has 0 spiro atoms. The van der Waals surface area contributed by atoms with Gasteiger partial charge in [-0.2, -0.15) is 0 Å². The van der Waals surface area contributed by atoms with Crippen LogP contribution in [0.2, 0.25) is 0 Å². The van der Waals surface area contributed by atoms with Crippen molar-refractivity contribution in [2.75, 3.05) is 27.4 Å². The first-order valence-corrected chi connectivity index (χ1v) is 13.0. The SMILES string of the molecule is COc1cc2cc(C(=O)OC3(c4cc5cccc([N+](=O)[O-])c5s4)OCCN(C=O)C3OC)sc2c([N+](=O)[O-])c1O. The molecule has 4 aromatic rings. The summed E-state index contributed by atoms with van der Waals surface area (Å²) in [5.41, 5.74) is -0.807. The number of esters is 1. The van der Waals surface area contributed by atoms with Gasteiger partial charge in [0.2, 0.25) is 18.4 Å². The number of carbonyl (C=O) groups excluding carboxylic acids is 2. The molecule has 2 aromatic carbocycles. The Morgan fingerprint density at radius 3 is 2.58 bits per heavy atom. The number of rotatable bonds is 8. The fraction of sp³-hybridized carbons (Fsp3) is 0.250. The van der Waals surface area contributed by atoms with Gasteiger partial charge in [0.1, 0.15) is 14.3 Å². The number of amides is 1. The Kier molecular flexibility index (Phi) is 7.01. The number of nitrogens with zero attached hydrogens (tertiary/aromatic N) is 3. The number of methoxy groups -OCH3 is 2. The molecule has 0 saturated carbocycles. The molecule has 14 nitrogen and oxygen atoms in total. The van der Waals surface area contributed by atoms with Crippen LogP contribution >= 0.6 is 22.7 Å². The second kappa shape index (κ2) is 10.3. The standard InChI is InChI=1S/C24H19N3O11S2/c1-35-15-8-13-9-16(39-21(13)18(19(15)29)27(33)34)22(30)38-24(23(36-2)25(11-28)6-7-37-24)17-10-12-4-3-5-14(26(31)32)20(12)40-17/h3-5,8-11,23,29H,6-7H2,1-2H3. The van der Waals surface area contributed by atoms with E-state index in [2.05, 4.69) is 0 Å². The van der Waals surface area contributed by atoms with Crippen LogP contribution in [0.25, 0.3) is 20.2 Å². The van der Waals surface area contributed by atoms with Gasteiger partial charge in [-0.3, -0.25) is 25.0 Å². The molecule has 208 valence electrons. The third-order valence-corrected chi connectivity index (χ3v) is 8.69. The highest BCUT2D eigenvalue weighted by Crippen LogP contribution is 2.48. The predicted molar refractivity (Wildman–Crippen MR) is 142 cm³/mol. The molecule has 40 heavy (non-hydrogen) atoms. The van der Waals surface area contributed by atoms with E-state index in [0.29, 0.717) is 27.8 Å². The van der Waals surface area contributed by atoms with E-state index in [-0.39, 0.29) is 44.4 Å². The van der Waals surface area contributed by atoms with Gasteiger partial charge in [0.15, 0.2) is 5.75 Å². The lowest BCUT2D eigenvalue weighted by molar-refractivity contribution is -0.383. The van der Waals surface area contributed by atoms with Crippen LogP contribution in [0.4, 0.5) is 11.4 Å². The predicted octanol–water partition coefficient (Wildman–Crippen LogP) is 4.12. The number of hydrogen-bond acceptors (Lipinski definition) is 13. The maximum Gasteiger partial charge on any atom is 0.351 e. The number of benzene rings is 2. The Labute approximate surface area is 232 Å². The summed E-state index contributed by atoms with van der Waals surface area (Å²) in [5, 5.41) is 34.4. The minimum absolute atomic E-state index is 0.00385. The molecule has 1 saturated heterocycles. The van der Waals surface area contributed by atoms with Gasteiger partial charge in [-0.1, -0.05) is 12.1 Å². The fourth-order valence-electron chi connectivity index (χ4n) is 4.54. The van der Waals surface area contributed by atoms with Gasteiger partial charge in [-0.05, 0) is 23.6 Å². The third-order valence-electron chi connectivity index (χ3n) is 6.28. The largest absolute Gasteiger partial charge is 0.499 e. The molecule has 2 aromatic heterocycles. The van der Waals surface area contributed by atoms with Crippen LogP contribution < -0.4 is 4.74 Å². The van der Waals surface area contributed by atoms with E-state index in [0.717, 1.165) is 11.3 Å². The maximum atomic E-state index is 13.6. The summed E-state index contributed by atoms with van der Waals surface area (Å²) < 4.78 is 22.8. The van der Waals surface area contributed by atoms with Gasteiger partial charge in [0, 0.05) is 25.1 Å². The van der Waals surface area contributed by atoms with E-state index >= 15 is 0 Å². The Morgan fingerprint density at radius 2 is 1.93 bits per heavy atom. The zero-order valence-electron chi connectivity index (χ0n) is 20.7. The van der Waals surface area contributed by atoms with Crippen molar-refractivity contribution in [3.05, 3.63) is 66.4 Å². The summed E-state index contributed by atoms with van der Waals surface area (Å²) >= 11 is 1.65. The molecule has 1 fully saturated rings. The van der Waals surface area contributed by atoms with Crippen molar-refractivity contribution < 1.29 is 43.5 Å². The Balaban J connectivity index is 1.65. The summed E-state index contributed by atoms with van der Waals surface area (Å²) in [4.78, 5) is 48.9. The molecule has 0 aliphatic carbocycles. The number of phenolic OH excluding ortho intramolecular Hbond substituents is 1. The van der Waals surface area contributed by atoms with E-state index in [9.17, 15) is 34.9 Å². The lowest BCUT2D eigenvalue weighted by atomic mass is 10.1. The summed E-state index contributed by atoms with van der Waals surface area (Å²) in [6.07, 6.45) is -0.768. The Hall–Kier alpha value is -4.38. The van der Waals surface area contributed by atoms with Crippen LogP contribution in [-0.2, 0) is 24.8 Å². The average molecular weight is 590 g/mol. The van der Waals surface area contributed by atoms with Crippen molar-refractivity contribution in [1.29, 1.82) is 0 Å². The third kappa shape index (κ3) is 4.26. The van der Waals surface area contributed by atoms with Gasteiger partial charge in [-0.15, -0.1) is 22.7 Å². The van der Waals surface area contributed by atoms with E-state index in [1.54, 1.807) is 12.1 Å². The van der Waals surface area contributed by atoms with Crippen LogP contribution in [0.5, 0.6) is 11.5 Å². The molecular weight excluding hydrogens is 570 g/mol. The topological polar surface area (TPSA) is 181 Å². The molecule has 0 radical (unpaired) electrons. The highest BCUT2D eigenvalue weighted by atomic mass is 32.1. The molecule has 1 N–H and O–H groups in total. The number of aromatic hydroxyl groups is 1. The molecule has 2 atom stereocenters. The quantitative estimate of drug-likeness (QED) is 0.135. The smallest absolute Gasteiger partial charge is 0.351 e. The summed E-state index contributed by atoms with van der Waals surface area (Å²) in [5.74, 6) is -3.86. The minimum Gasteiger partial charge on any atom is -0.499 e. The monoisotopic (exact) mass is 589 g/mol. The van der Waals surface area contributed by atoms with Crippen LogP contribution in [0.1, 0.15) is 14.5 Å². The van der Waals surface area contributed by atoms with Crippen LogP contribution in [0.15, 0.2) is 36.4 Å². The average Bonchev–Trinajstić information content (AvgIpc) is 3.56. The molecule has 0 bridgehead atoms. The van der Waals surface area contributed by atoms with E-state index in [1.165, 1.54) is 43.4 Å². The highest BCUT2D eigenvalue weighted by molar-refractivity contribution is 7.21. The van der Waals surface area contributed by atoms with Crippen LogP contribution in [0.3, 0.4) is 0 Å².